The van der Waals surface area contributed by atoms with E-state index in [-0.39, 0.29) is 0 Å². The van der Waals surface area contributed by atoms with Crippen molar-refractivity contribution in [2.24, 2.45) is 5.16 Å². The van der Waals surface area contributed by atoms with E-state index in [0.29, 0.717) is 12.1 Å². The van der Waals surface area contributed by atoms with E-state index in [0.717, 1.165) is 16.3 Å². The fourth-order valence-electron chi connectivity index (χ4n) is 2.05. The van der Waals surface area contributed by atoms with Gasteiger partial charge in [-0.2, -0.15) is 0 Å². The van der Waals surface area contributed by atoms with Crippen LogP contribution >= 0.6 is 0 Å². The van der Waals surface area contributed by atoms with Crippen molar-refractivity contribution in [3.05, 3.63) is 48.0 Å². The molecule has 1 aliphatic rings. The van der Waals surface area contributed by atoms with Crippen LogP contribution in [0.25, 0.3) is 10.8 Å². The van der Waals surface area contributed by atoms with Gasteiger partial charge in [0.25, 0.3) is 0 Å². The Bertz CT molecular complexity index is 648. The summed E-state index contributed by atoms with van der Waals surface area (Å²) in [5.41, 5.74) is 1.60. The van der Waals surface area contributed by atoms with E-state index >= 15 is 0 Å². The topological polar surface area (TPSA) is 58.9 Å². The van der Waals surface area contributed by atoms with E-state index in [1.807, 2.05) is 42.5 Å². The first-order valence-electron chi connectivity index (χ1n) is 5.69. The summed E-state index contributed by atoms with van der Waals surface area (Å²) in [4.78, 5) is 15.7. The van der Waals surface area contributed by atoms with Crippen LogP contribution in [0.4, 0.5) is 0 Å². The summed E-state index contributed by atoms with van der Waals surface area (Å²) >= 11 is 0. The number of hydrogen-bond acceptors (Lipinski definition) is 3. The lowest BCUT2D eigenvalue weighted by Crippen LogP contribution is -2.19. The van der Waals surface area contributed by atoms with Gasteiger partial charge < -0.3 is 9.94 Å². The normalized spacial score (nSPS) is 18.4. The summed E-state index contributed by atoms with van der Waals surface area (Å²) in [6.45, 7) is 0. The van der Waals surface area contributed by atoms with Crippen molar-refractivity contribution in [2.45, 2.75) is 12.5 Å². The second-order valence-corrected chi connectivity index (χ2v) is 4.24. The number of nitrogens with zero attached hydrogens (tertiary/aromatic N) is 1. The molecular weight excluding hydrogens is 230 g/mol. The second kappa shape index (κ2) is 4.14. The zero-order chi connectivity index (χ0) is 12.5. The first kappa shape index (κ1) is 10.8. The minimum Gasteiger partial charge on any atom is -0.478 e. The minimum atomic E-state index is -0.977. The molecule has 0 radical (unpaired) electrons. The molecule has 4 heteroatoms. The summed E-state index contributed by atoms with van der Waals surface area (Å²) in [6, 6.07) is 13.9. The summed E-state index contributed by atoms with van der Waals surface area (Å²) in [7, 11) is 0. The van der Waals surface area contributed by atoms with E-state index < -0.39 is 12.1 Å². The van der Waals surface area contributed by atoms with Crippen LogP contribution in [0.1, 0.15) is 12.0 Å². The molecule has 18 heavy (non-hydrogen) atoms. The van der Waals surface area contributed by atoms with E-state index in [9.17, 15) is 4.79 Å². The average molecular weight is 241 g/mol. The summed E-state index contributed by atoms with van der Waals surface area (Å²) < 4.78 is 0. The van der Waals surface area contributed by atoms with Crippen LogP contribution in [0.3, 0.4) is 0 Å². The second-order valence-electron chi connectivity index (χ2n) is 4.24. The number of fused-ring (bicyclic) bond motifs is 1. The molecule has 1 aliphatic heterocycles. The Morgan fingerprint density at radius 1 is 1.22 bits per heavy atom. The number of hydrogen-bond donors (Lipinski definition) is 1. The Morgan fingerprint density at radius 2 is 2.00 bits per heavy atom. The molecule has 0 bridgehead atoms. The van der Waals surface area contributed by atoms with Crippen LogP contribution in [0, 0.1) is 0 Å². The highest BCUT2D eigenvalue weighted by Gasteiger charge is 2.28. The minimum absolute atomic E-state index is 0.313. The summed E-state index contributed by atoms with van der Waals surface area (Å²) in [5.74, 6) is -0.977. The van der Waals surface area contributed by atoms with Crippen LogP contribution < -0.4 is 0 Å². The van der Waals surface area contributed by atoms with Crippen LogP contribution in [-0.2, 0) is 9.63 Å². The van der Waals surface area contributed by atoms with E-state index in [2.05, 4.69) is 5.16 Å². The van der Waals surface area contributed by atoms with Gasteiger partial charge in [-0.15, -0.1) is 0 Å². The predicted octanol–water partition coefficient (Wildman–Crippen LogP) is 2.42. The molecule has 0 fully saturated rings. The Kier molecular flexibility index (Phi) is 2.48. The maximum Gasteiger partial charge on any atom is 0.348 e. The zero-order valence-corrected chi connectivity index (χ0v) is 9.54. The van der Waals surface area contributed by atoms with Gasteiger partial charge in [-0.3, -0.25) is 0 Å². The summed E-state index contributed by atoms with van der Waals surface area (Å²) in [6.07, 6.45) is -0.542. The van der Waals surface area contributed by atoms with Crippen LogP contribution in [-0.4, -0.2) is 22.9 Å². The van der Waals surface area contributed by atoms with Crippen molar-refractivity contribution < 1.29 is 14.7 Å². The van der Waals surface area contributed by atoms with Crippen molar-refractivity contribution in [3.8, 4) is 0 Å². The van der Waals surface area contributed by atoms with E-state index in [1.165, 1.54) is 0 Å². The summed E-state index contributed by atoms with van der Waals surface area (Å²) in [5, 5.41) is 15.0. The molecule has 90 valence electrons. The van der Waals surface area contributed by atoms with Gasteiger partial charge in [-0.1, -0.05) is 41.6 Å². The molecule has 0 spiro atoms. The van der Waals surface area contributed by atoms with Gasteiger partial charge in [0.05, 0.1) is 5.71 Å². The molecular formula is C14H11NO3. The number of benzene rings is 2. The third-order valence-corrected chi connectivity index (χ3v) is 3.03. The third kappa shape index (κ3) is 1.82. The SMILES string of the molecule is O=C(O)C1CC(c2ccc3ccccc3c2)=NO1. The van der Waals surface area contributed by atoms with Gasteiger partial charge in [0.1, 0.15) is 0 Å². The maximum atomic E-state index is 10.8. The number of carboxylic acids is 1. The number of aliphatic carboxylic acids is 1. The standard InChI is InChI=1S/C14H11NO3/c16-14(17)13-8-12(15-18-13)11-6-5-9-3-1-2-4-10(9)7-11/h1-7,13H,8H2,(H,16,17). The fourth-order valence-corrected chi connectivity index (χ4v) is 2.05. The lowest BCUT2D eigenvalue weighted by atomic mass is 10.0. The molecule has 0 saturated carbocycles. The molecule has 0 aliphatic carbocycles. The number of carbonyl (C=O) groups is 1. The molecule has 1 atom stereocenters. The maximum absolute atomic E-state index is 10.8. The molecule has 3 rings (SSSR count). The number of carboxylic acid groups (broad SMARTS) is 1. The smallest absolute Gasteiger partial charge is 0.348 e. The highest BCUT2D eigenvalue weighted by atomic mass is 16.7. The van der Waals surface area contributed by atoms with Crippen LogP contribution in [0.15, 0.2) is 47.6 Å². The largest absolute Gasteiger partial charge is 0.478 e. The fraction of sp³-hybridized carbons (Fsp3) is 0.143. The van der Waals surface area contributed by atoms with E-state index in [4.69, 9.17) is 9.94 Å². The third-order valence-electron chi connectivity index (χ3n) is 3.03. The lowest BCUT2D eigenvalue weighted by molar-refractivity contribution is -0.148. The molecule has 1 N–H and O–H groups in total. The van der Waals surface area contributed by atoms with Crippen molar-refractivity contribution in [1.82, 2.24) is 0 Å². The Balaban J connectivity index is 1.94. The van der Waals surface area contributed by atoms with Crippen LogP contribution in [0.5, 0.6) is 0 Å². The van der Waals surface area contributed by atoms with Gasteiger partial charge in [-0.25, -0.2) is 4.79 Å². The average Bonchev–Trinajstić information content (AvgIpc) is 2.88. The lowest BCUT2D eigenvalue weighted by Gasteiger charge is -2.02. The Labute approximate surface area is 103 Å². The highest BCUT2D eigenvalue weighted by molar-refractivity contribution is 6.05. The van der Waals surface area contributed by atoms with Gasteiger partial charge in [0.15, 0.2) is 0 Å². The Hall–Kier alpha value is -2.36. The van der Waals surface area contributed by atoms with Crippen molar-refractivity contribution in [3.63, 3.8) is 0 Å². The van der Waals surface area contributed by atoms with Gasteiger partial charge in [0, 0.05) is 12.0 Å². The number of oxime groups is 1. The number of rotatable bonds is 2. The van der Waals surface area contributed by atoms with Gasteiger partial charge >= 0.3 is 5.97 Å². The van der Waals surface area contributed by atoms with Crippen molar-refractivity contribution in [1.29, 1.82) is 0 Å². The van der Waals surface area contributed by atoms with E-state index in [1.54, 1.807) is 0 Å². The van der Waals surface area contributed by atoms with Crippen molar-refractivity contribution >= 4 is 22.5 Å². The molecule has 2 aromatic rings. The quantitative estimate of drug-likeness (QED) is 0.878. The molecule has 1 unspecified atom stereocenters. The van der Waals surface area contributed by atoms with Gasteiger partial charge in [-0.05, 0) is 16.8 Å². The molecule has 0 saturated heterocycles. The predicted molar refractivity (Wildman–Crippen MR) is 67.6 cm³/mol. The molecule has 0 aromatic heterocycles. The van der Waals surface area contributed by atoms with Gasteiger partial charge in [0.2, 0.25) is 6.10 Å². The first-order valence-corrected chi connectivity index (χ1v) is 5.69. The first-order chi connectivity index (χ1) is 8.74. The highest BCUT2D eigenvalue weighted by Crippen LogP contribution is 2.21. The molecule has 4 nitrogen and oxygen atoms in total. The molecule has 1 heterocycles. The molecule has 0 amide bonds. The Morgan fingerprint density at radius 3 is 2.72 bits per heavy atom. The van der Waals surface area contributed by atoms with Crippen molar-refractivity contribution in [2.75, 3.05) is 0 Å². The van der Waals surface area contributed by atoms with Crippen LogP contribution in [0.2, 0.25) is 0 Å². The zero-order valence-electron chi connectivity index (χ0n) is 9.54. The molecule has 2 aromatic carbocycles. The monoisotopic (exact) mass is 241 g/mol.